The lowest BCUT2D eigenvalue weighted by Crippen LogP contribution is -2.31. The van der Waals surface area contributed by atoms with Gasteiger partial charge in [0.1, 0.15) is 5.84 Å². The van der Waals surface area contributed by atoms with Gasteiger partial charge in [-0.05, 0) is 13.3 Å². The van der Waals surface area contributed by atoms with Gasteiger partial charge in [-0.15, -0.1) is 0 Å². The molecule has 5 heteroatoms. The van der Waals surface area contributed by atoms with Gasteiger partial charge in [-0.2, -0.15) is 0 Å². The lowest BCUT2D eigenvalue weighted by atomic mass is 10.1. The van der Waals surface area contributed by atoms with Crippen LogP contribution in [0, 0.1) is 0 Å². The number of rotatable bonds is 3. The second kappa shape index (κ2) is 3.93. The highest BCUT2D eigenvalue weighted by Crippen LogP contribution is 2.19. The molecule has 0 aromatic heterocycles. The molecule has 76 valence electrons. The number of nitrogens with two attached hydrogens (primary N) is 1. The molecule has 1 fully saturated rings. The third kappa shape index (κ3) is 3.20. The van der Waals surface area contributed by atoms with Crippen molar-refractivity contribution in [2.24, 2.45) is 10.9 Å². The first-order valence-electron chi connectivity index (χ1n) is 4.45. The Hall–Kier alpha value is -0.810. The zero-order chi connectivity index (χ0) is 9.90. The normalized spacial score (nSPS) is 31.1. The van der Waals surface area contributed by atoms with Crippen molar-refractivity contribution >= 4 is 5.84 Å². The summed E-state index contributed by atoms with van der Waals surface area (Å²) >= 11 is 0. The number of nitrogens with zero attached hydrogens (tertiary/aromatic N) is 2. The molecule has 0 amide bonds. The van der Waals surface area contributed by atoms with Crippen LogP contribution in [0.15, 0.2) is 5.16 Å². The molecule has 1 heterocycles. The molecule has 1 saturated heterocycles. The molecule has 1 atom stereocenters. The largest absolute Gasteiger partial charge is 0.409 e. The minimum atomic E-state index is -0.564. The molecular weight excluding hydrogens is 170 g/mol. The molecule has 0 saturated carbocycles. The molecule has 1 rings (SSSR count). The van der Waals surface area contributed by atoms with Crippen molar-refractivity contribution in [2.45, 2.75) is 25.4 Å². The molecule has 0 bridgehead atoms. The van der Waals surface area contributed by atoms with Crippen molar-refractivity contribution in [2.75, 3.05) is 19.6 Å². The summed E-state index contributed by atoms with van der Waals surface area (Å²) in [5, 5.41) is 20.8. The number of β-amino-alcohol motifs (C(OH)–C–C–N with tert-alkyl or cyclic N) is 1. The van der Waals surface area contributed by atoms with E-state index in [9.17, 15) is 5.11 Å². The molecule has 0 aliphatic carbocycles. The number of hydrogen-bond acceptors (Lipinski definition) is 4. The first kappa shape index (κ1) is 10.3. The highest BCUT2D eigenvalue weighted by Gasteiger charge is 2.30. The van der Waals surface area contributed by atoms with E-state index >= 15 is 0 Å². The molecule has 0 aromatic carbocycles. The first-order valence-corrected chi connectivity index (χ1v) is 4.45. The van der Waals surface area contributed by atoms with Crippen molar-refractivity contribution < 1.29 is 10.3 Å². The molecular formula is C8H17N3O2. The van der Waals surface area contributed by atoms with Gasteiger partial charge in [0.25, 0.3) is 0 Å². The van der Waals surface area contributed by atoms with E-state index in [2.05, 4.69) is 10.1 Å². The minimum absolute atomic E-state index is 0.242. The Kier molecular flexibility index (Phi) is 3.11. The Bertz CT molecular complexity index is 204. The van der Waals surface area contributed by atoms with Crippen LogP contribution in [0.5, 0.6) is 0 Å². The topological polar surface area (TPSA) is 82.1 Å². The predicted octanol–water partition coefficient (Wildman–Crippen LogP) is -0.420. The van der Waals surface area contributed by atoms with Crippen LogP contribution in [0.3, 0.4) is 0 Å². The van der Waals surface area contributed by atoms with Crippen molar-refractivity contribution in [3.63, 3.8) is 0 Å². The van der Waals surface area contributed by atoms with E-state index in [1.54, 1.807) is 0 Å². The predicted molar refractivity (Wildman–Crippen MR) is 49.7 cm³/mol. The van der Waals surface area contributed by atoms with Gasteiger partial charge in [0.15, 0.2) is 0 Å². The highest BCUT2D eigenvalue weighted by molar-refractivity contribution is 5.79. The van der Waals surface area contributed by atoms with Crippen molar-refractivity contribution in [3.8, 4) is 0 Å². The fourth-order valence-electron chi connectivity index (χ4n) is 1.55. The Labute approximate surface area is 77.8 Å². The fourth-order valence-corrected chi connectivity index (χ4v) is 1.55. The lowest BCUT2D eigenvalue weighted by Gasteiger charge is -2.18. The maximum atomic E-state index is 9.63. The summed E-state index contributed by atoms with van der Waals surface area (Å²) in [5.41, 5.74) is 4.77. The fraction of sp³-hybridized carbons (Fsp3) is 0.875. The minimum Gasteiger partial charge on any atom is -0.409 e. The van der Waals surface area contributed by atoms with Crippen LogP contribution in [0.4, 0.5) is 0 Å². The van der Waals surface area contributed by atoms with Gasteiger partial charge >= 0.3 is 0 Å². The maximum Gasteiger partial charge on any atom is 0.140 e. The molecule has 1 aliphatic rings. The second-order valence-electron chi connectivity index (χ2n) is 3.86. The number of amidine groups is 1. The number of aliphatic hydroxyl groups is 1. The van der Waals surface area contributed by atoms with E-state index in [1.165, 1.54) is 0 Å². The van der Waals surface area contributed by atoms with Gasteiger partial charge in [0, 0.05) is 26.1 Å². The van der Waals surface area contributed by atoms with Crippen LogP contribution in [0.25, 0.3) is 0 Å². The Morgan fingerprint density at radius 2 is 2.38 bits per heavy atom. The van der Waals surface area contributed by atoms with Crippen LogP contribution < -0.4 is 5.73 Å². The molecule has 0 spiro atoms. The summed E-state index contributed by atoms with van der Waals surface area (Å²) in [4.78, 5) is 2.11. The molecule has 0 radical (unpaired) electrons. The molecule has 1 unspecified atom stereocenters. The van der Waals surface area contributed by atoms with Gasteiger partial charge in [0.2, 0.25) is 0 Å². The number of hydrogen-bond donors (Lipinski definition) is 3. The van der Waals surface area contributed by atoms with Crippen LogP contribution in [0.1, 0.15) is 19.8 Å². The monoisotopic (exact) mass is 187 g/mol. The maximum absolute atomic E-state index is 9.63. The van der Waals surface area contributed by atoms with E-state index in [1.807, 2.05) is 6.92 Å². The standard InChI is InChI=1S/C8H17N3O2/c1-8(12)3-5-11(6-8)4-2-7(9)10-13/h12-13H,2-6H2,1H3,(H2,9,10). The van der Waals surface area contributed by atoms with Crippen molar-refractivity contribution in [3.05, 3.63) is 0 Å². The van der Waals surface area contributed by atoms with Gasteiger partial charge in [-0.1, -0.05) is 5.16 Å². The van der Waals surface area contributed by atoms with Crippen molar-refractivity contribution in [1.82, 2.24) is 4.90 Å². The third-order valence-electron chi connectivity index (χ3n) is 2.34. The molecule has 1 aliphatic heterocycles. The number of oxime groups is 1. The smallest absolute Gasteiger partial charge is 0.140 e. The molecule has 0 aromatic rings. The molecule has 4 N–H and O–H groups in total. The van der Waals surface area contributed by atoms with E-state index in [4.69, 9.17) is 10.9 Å². The Balaban J connectivity index is 2.25. The molecule has 13 heavy (non-hydrogen) atoms. The van der Waals surface area contributed by atoms with Gasteiger partial charge in [-0.25, -0.2) is 0 Å². The van der Waals surface area contributed by atoms with Crippen LogP contribution in [-0.2, 0) is 0 Å². The molecule has 5 nitrogen and oxygen atoms in total. The summed E-state index contributed by atoms with van der Waals surface area (Å²) in [6, 6.07) is 0. The van der Waals surface area contributed by atoms with E-state index in [0.717, 1.165) is 19.5 Å². The quantitative estimate of drug-likeness (QED) is 0.242. The van der Waals surface area contributed by atoms with Gasteiger partial charge in [0.05, 0.1) is 5.60 Å². The Morgan fingerprint density at radius 1 is 1.69 bits per heavy atom. The van der Waals surface area contributed by atoms with Crippen LogP contribution >= 0.6 is 0 Å². The van der Waals surface area contributed by atoms with E-state index in [-0.39, 0.29) is 5.84 Å². The summed E-state index contributed by atoms with van der Waals surface area (Å²) in [6.45, 7) is 4.12. The van der Waals surface area contributed by atoms with Crippen molar-refractivity contribution in [1.29, 1.82) is 0 Å². The van der Waals surface area contributed by atoms with Gasteiger partial charge < -0.3 is 16.0 Å². The summed E-state index contributed by atoms with van der Waals surface area (Å²) in [7, 11) is 0. The zero-order valence-corrected chi connectivity index (χ0v) is 7.90. The second-order valence-corrected chi connectivity index (χ2v) is 3.86. The average Bonchev–Trinajstić information content (AvgIpc) is 2.41. The summed E-state index contributed by atoms with van der Waals surface area (Å²) in [6.07, 6.45) is 1.34. The van der Waals surface area contributed by atoms with E-state index < -0.39 is 5.60 Å². The average molecular weight is 187 g/mol. The Morgan fingerprint density at radius 3 is 2.85 bits per heavy atom. The van der Waals surface area contributed by atoms with E-state index in [0.29, 0.717) is 13.0 Å². The SMILES string of the molecule is CC1(O)CCN(CCC(N)=NO)C1. The summed E-state index contributed by atoms with van der Waals surface area (Å²) < 4.78 is 0. The summed E-state index contributed by atoms with van der Waals surface area (Å²) in [5.74, 6) is 0.242. The van der Waals surface area contributed by atoms with Crippen LogP contribution in [0.2, 0.25) is 0 Å². The lowest BCUT2D eigenvalue weighted by molar-refractivity contribution is 0.0691. The van der Waals surface area contributed by atoms with Gasteiger partial charge in [-0.3, -0.25) is 4.90 Å². The number of likely N-dealkylation sites (tertiary alicyclic amines) is 1. The first-order chi connectivity index (χ1) is 6.03. The third-order valence-corrected chi connectivity index (χ3v) is 2.34. The zero-order valence-electron chi connectivity index (χ0n) is 7.90. The highest BCUT2D eigenvalue weighted by atomic mass is 16.4. The van der Waals surface area contributed by atoms with Crippen LogP contribution in [-0.4, -0.2) is 46.3 Å².